The van der Waals surface area contributed by atoms with E-state index in [0.29, 0.717) is 0 Å². The molecule has 1 nitrogen and oxygen atoms in total. The third-order valence-corrected chi connectivity index (χ3v) is 1.57. The minimum atomic E-state index is -0.875. The van der Waals surface area contributed by atoms with Crippen LogP contribution in [0.1, 0.15) is 16.7 Å². The van der Waals surface area contributed by atoms with Gasteiger partial charge in [-0.1, -0.05) is 41.4 Å². The highest BCUT2D eigenvalue weighted by molar-refractivity contribution is 6.19. The molecule has 0 saturated carbocycles. The molecular weight excluding hydrogens is 148 g/mol. The quantitative estimate of drug-likeness (QED) is 0.619. The van der Waals surface area contributed by atoms with Crippen LogP contribution in [0.25, 0.3) is 0 Å². The molecule has 0 aromatic heterocycles. The van der Waals surface area contributed by atoms with Crippen LogP contribution in [0.15, 0.2) is 24.3 Å². The van der Waals surface area contributed by atoms with E-state index in [9.17, 15) is 0 Å². The van der Waals surface area contributed by atoms with Gasteiger partial charge in [0.25, 0.3) is 0 Å². The normalized spacial score (nSPS) is 13.1. The molecule has 1 unspecified atom stereocenters. The number of alkyl halides is 1. The molecule has 0 aliphatic heterocycles. The molecule has 0 spiro atoms. The molecule has 1 atom stereocenters. The van der Waals surface area contributed by atoms with Crippen LogP contribution in [0.2, 0.25) is 0 Å². The van der Waals surface area contributed by atoms with E-state index in [2.05, 4.69) is 0 Å². The van der Waals surface area contributed by atoms with Crippen molar-refractivity contribution in [3.63, 3.8) is 0 Å². The van der Waals surface area contributed by atoms with Crippen LogP contribution in [0.5, 0.6) is 0 Å². The van der Waals surface area contributed by atoms with E-state index in [0.717, 1.165) is 11.1 Å². The predicted octanol–water partition coefficient (Wildman–Crippen LogP) is 2.22. The summed E-state index contributed by atoms with van der Waals surface area (Å²) in [5, 5.41) is 8.91. The van der Waals surface area contributed by atoms with Gasteiger partial charge in [0.2, 0.25) is 0 Å². The van der Waals surface area contributed by atoms with Gasteiger partial charge in [-0.2, -0.15) is 0 Å². The summed E-state index contributed by atoms with van der Waals surface area (Å²) in [6.07, 6.45) is 0. The minimum Gasteiger partial charge on any atom is -0.373 e. The number of benzene rings is 1. The molecule has 0 saturated heterocycles. The second-order valence-corrected chi connectivity index (χ2v) is 2.66. The molecule has 0 radical (unpaired) electrons. The standard InChI is InChI=1S/C8H9ClO/c1-6-3-2-4-7(5-6)8(9)10/h2-5,8,10H,1H3. The fourth-order valence-electron chi connectivity index (χ4n) is 0.818. The summed E-state index contributed by atoms with van der Waals surface area (Å²) in [4.78, 5) is 0. The molecule has 1 rings (SSSR count). The van der Waals surface area contributed by atoms with E-state index in [4.69, 9.17) is 16.7 Å². The van der Waals surface area contributed by atoms with Gasteiger partial charge >= 0.3 is 0 Å². The van der Waals surface area contributed by atoms with E-state index >= 15 is 0 Å². The van der Waals surface area contributed by atoms with Gasteiger partial charge in [-0.3, -0.25) is 0 Å². The molecular formula is C8H9ClO. The molecule has 0 aliphatic rings. The Labute approximate surface area is 65.3 Å². The highest BCUT2D eigenvalue weighted by atomic mass is 35.5. The van der Waals surface area contributed by atoms with Gasteiger partial charge in [0.05, 0.1) is 0 Å². The molecule has 0 amide bonds. The first-order valence-corrected chi connectivity index (χ1v) is 3.52. The van der Waals surface area contributed by atoms with Gasteiger partial charge in [0.15, 0.2) is 5.56 Å². The Kier molecular flexibility index (Phi) is 2.30. The molecule has 1 N–H and O–H groups in total. The summed E-state index contributed by atoms with van der Waals surface area (Å²) < 4.78 is 0. The average Bonchev–Trinajstić information content (AvgIpc) is 1.88. The highest BCUT2D eigenvalue weighted by Crippen LogP contribution is 2.16. The van der Waals surface area contributed by atoms with E-state index in [1.54, 1.807) is 6.07 Å². The average molecular weight is 157 g/mol. The van der Waals surface area contributed by atoms with E-state index in [-0.39, 0.29) is 0 Å². The van der Waals surface area contributed by atoms with Crippen LogP contribution < -0.4 is 0 Å². The first-order valence-electron chi connectivity index (χ1n) is 3.09. The third-order valence-electron chi connectivity index (χ3n) is 1.32. The van der Waals surface area contributed by atoms with Crippen molar-refractivity contribution in [2.75, 3.05) is 0 Å². The Morgan fingerprint density at radius 1 is 1.50 bits per heavy atom. The van der Waals surface area contributed by atoms with Gasteiger partial charge in [0.1, 0.15) is 0 Å². The molecule has 0 aliphatic carbocycles. The van der Waals surface area contributed by atoms with E-state index in [1.165, 1.54) is 0 Å². The summed E-state index contributed by atoms with van der Waals surface area (Å²) in [6, 6.07) is 7.49. The number of halogens is 1. The molecule has 10 heavy (non-hydrogen) atoms. The SMILES string of the molecule is Cc1cccc(C(O)Cl)c1. The first-order chi connectivity index (χ1) is 4.70. The number of hydrogen-bond donors (Lipinski definition) is 1. The maximum absolute atomic E-state index is 8.91. The Morgan fingerprint density at radius 3 is 2.60 bits per heavy atom. The number of aryl methyl sites for hydroxylation is 1. The summed E-state index contributed by atoms with van der Waals surface area (Å²) in [5.41, 5.74) is 0.985. The van der Waals surface area contributed by atoms with Crippen LogP contribution in [0, 0.1) is 6.92 Å². The zero-order valence-electron chi connectivity index (χ0n) is 5.71. The van der Waals surface area contributed by atoms with Crippen LogP contribution >= 0.6 is 11.6 Å². The number of aliphatic hydroxyl groups is 1. The Bertz CT molecular complexity index is 220. The van der Waals surface area contributed by atoms with Crippen molar-refractivity contribution < 1.29 is 5.11 Å². The topological polar surface area (TPSA) is 20.2 Å². The summed E-state index contributed by atoms with van der Waals surface area (Å²) in [6.45, 7) is 1.96. The Hall–Kier alpha value is -0.530. The summed E-state index contributed by atoms with van der Waals surface area (Å²) in [7, 11) is 0. The molecule has 54 valence electrons. The fourth-order valence-corrected chi connectivity index (χ4v) is 0.954. The Balaban J connectivity index is 2.96. The lowest BCUT2D eigenvalue weighted by Gasteiger charge is -2.01. The predicted molar refractivity (Wildman–Crippen MR) is 42.0 cm³/mol. The second-order valence-electron chi connectivity index (χ2n) is 2.25. The minimum absolute atomic E-state index is 0.752. The molecule has 0 heterocycles. The third kappa shape index (κ3) is 1.72. The Morgan fingerprint density at radius 2 is 2.20 bits per heavy atom. The van der Waals surface area contributed by atoms with Gasteiger partial charge < -0.3 is 5.11 Å². The van der Waals surface area contributed by atoms with Crippen molar-refractivity contribution in [3.05, 3.63) is 35.4 Å². The lowest BCUT2D eigenvalue weighted by Crippen LogP contribution is -1.86. The van der Waals surface area contributed by atoms with Crippen molar-refractivity contribution in [2.45, 2.75) is 12.5 Å². The lowest BCUT2D eigenvalue weighted by molar-refractivity contribution is 0.263. The monoisotopic (exact) mass is 156 g/mol. The van der Waals surface area contributed by atoms with Crippen LogP contribution in [0.4, 0.5) is 0 Å². The van der Waals surface area contributed by atoms with Crippen molar-refractivity contribution in [3.8, 4) is 0 Å². The van der Waals surface area contributed by atoms with E-state index < -0.39 is 5.56 Å². The first kappa shape index (κ1) is 7.58. The zero-order chi connectivity index (χ0) is 7.56. The lowest BCUT2D eigenvalue weighted by atomic mass is 10.1. The van der Waals surface area contributed by atoms with Crippen LogP contribution in [-0.2, 0) is 0 Å². The van der Waals surface area contributed by atoms with Crippen LogP contribution in [-0.4, -0.2) is 5.11 Å². The maximum atomic E-state index is 8.91. The molecule has 0 fully saturated rings. The zero-order valence-corrected chi connectivity index (χ0v) is 6.47. The smallest absolute Gasteiger partial charge is 0.153 e. The van der Waals surface area contributed by atoms with Crippen molar-refractivity contribution >= 4 is 11.6 Å². The molecule has 2 heteroatoms. The van der Waals surface area contributed by atoms with Gasteiger partial charge in [-0.25, -0.2) is 0 Å². The van der Waals surface area contributed by atoms with Crippen LogP contribution in [0.3, 0.4) is 0 Å². The van der Waals surface area contributed by atoms with Crippen molar-refractivity contribution in [1.29, 1.82) is 0 Å². The number of aliphatic hydroxyl groups excluding tert-OH is 1. The summed E-state index contributed by atoms with van der Waals surface area (Å²) >= 11 is 5.43. The van der Waals surface area contributed by atoms with Gasteiger partial charge in [0, 0.05) is 0 Å². The summed E-state index contributed by atoms with van der Waals surface area (Å²) in [5.74, 6) is 0. The van der Waals surface area contributed by atoms with Crippen molar-refractivity contribution in [1.82, 2.24) is 0 Å². The number of rotatable bonds is 1. The van der Waals surface area contributed by atoms with Gasteiger partial charge in [-0.15, -0.1) is 0 Å². The number of hydrogen-bond acceptors (Lipinski definition) is 1. The fraction of sp³-hybridized carbons (Fsp3) is 0.250. The second kappa shape index (κ2) is 3.04. The molecule has 1 aromatic carbocycles. The molecule has 1 aromatic rings. The van der Waals surface area contributed by atoms with Gasteiger partial charge in [-0.05, 0) is 12.5 Å². The largest absolute Gasteiger partial charge is 0.373 e. The highest BCUT2D eigenvalue weighted by Gasteiger charge is 2.00. The van der Waals surface area contributed by atoms with Crippen molar-refractivity contribution in [2.24, 2.45) is 0 Å². The molecule has 0 bridgehead atoms. The van der Waals surface area contributed by atoms with E-state index in [1.807, 2.05) is 25.1 Å². The maximum Gasteiger partial charge on any atom is 0.153 e.